The minimum Gasteiger partial charge on any atom is -0.359 e. The maximum Gasteiger partial charge on any atom is 0.134 e. The summed E-state index contributed by atoms with van der Waals surface area (Å²) in [6.07, 6.45) is 2.01. The Bertz CT molecular complexity index is 4220. The highest BCUT2D eigenvalue weighted by Gasteiger charge is 2.25. The van der Waals surface area contributed by atoms with Crippen molar-refractivity contribution >= 4 is 77.0 Å². The molecule has 0 bridgehead atoms. The molecule has 0 aliphatic carbocycles. The van der Waals surface area contributed by atoms with Crippen LogP contribution in [-0.2, 0) is 0 Å². The second-order valence-electron chi connectivity index (χ2n) is 18.6. The van der Waals surface area contributed by atoms with Gasteiger partial charge in [-0.2, -0.15) is 10.5 Å². The largest absolute Gasteiger partial charge is 0.359 e. The van der Waals surface area contributed by atoms with Crippen LogP contribution < -0.4 is 5.32 Å². The van der Waals surface area contributed by atoms with Gasteiger partial charge >= 0.3 is 0 Å². The second-order valence-corrected chi connectivity index (χ2v) is 18.6. The Balaban J connectivity index is 0.916. The fourth-order valence-electron chi connectivity index (χ4n) is 11.3. The van der Waals surface area contributed by atoms with Crippen molar-refractivity contribution in [2.75, 3.05) is 0 Å². The van der Waals surface area contributed by atoms with Crippen LogP contribution in [0.4, 0.5) is 0 Å². The van der Waals surface area contributed by atoms with Gasteiger partial charge in [0.25, 0.3) is 0 Å². The minimum absolute atomic E-state index is 0.226. The molecule has 1 unspecified atom stereocenters. The molecular formula is C66H41N7. The highest BCUT2D eigenvalue weighted by molar-refractivity contribution is 6.14. The van der Waals surface area contributed by atoms with Crippen LogP contribution in [-0.4, -0.2) is 19.5 Å². The molecule has 13 aromatic rings. The van der Waals surface area contributed by atoms with Crippen LogP contribution >= 0.6 is 0 Å². The molecule has 4 heterocycles. The van der Waals surface area contributed by atoms with Gasteiger partial charge in [-0.15, -0.1) is 0 Å². The summed E-state index contributed by atoms with van der Waals surface area (Å²) in [6.45, 7) is 0. The number of hydrogen-bond acceptors (Lipinski definition) is 4. The van der Waals surface area contributed by atoms with Crippen LogP contribution in [0.15, 0.2) is 242 Å². The van der Waals surface area contributed by atoms with Crippen molar-refractivity contribution in [1.29, 1.82) is 10.5 Å². The Labute approximate surface area is 420 Å². The summed E-state index contributed by atoms with van der Waals surface area (Å²) in [7, 11) is 0. The van der Waals surface area contributed by atoms with Gasteiger partial charge in [-0.05, 0) is 108 Å². The molecular weight excluding hydrogens is 891 g/mol. The average Bonchev–Trinajstić information content (AvgIpc) is 4.10. The third-order valence-corrected chi connectivity index (χ3v) is 14.6. The average molecular weight is 932 g/mol. The molecule has 10 aromatic carbocycles. The van der Waals surface area contributed by atoms with E-state index in [0.717, 1.165) is 83.2 Å². The number of aromatic nitrogens is 3. The van der Waals surface area contributed by atoms with E-state index >= 15 is 0 Å². The van der Waals surface area contributed by atoms with Crippen molar-refractivity contribution < 1.29 is 0 Å². The van der Waals surface area contributed by atoms with Gasteiger partial charge in [0.05, 0.1) is 68.1 Å². The molecule has 1 atom stereocenters. The van der Waals surface area contributed by atoms with Gasteiger partial charge in [0.15, 0.2) is 0 Å². The zero-order chi connectivity index (χ0) is 48.6. The van der Waals surface area contributed by atoms with E-state index in [4.69, 9.17) is 4.99 Å². The zero-order valence-electron chi connectivity index (χ0n) is 39.3. The summed E-state index contributed by atoms with van der Waals surface area (Å²) < 4.78 is 7.11. The van der Waals surface area contributed by atoms with Crippen LogP contribution in [0.25, 0.3) is 99.3 Å². The molecule has 0 fully saturated rings. The molecule has 0 amide bonds. The predicted molar refractivity (Wildman–Crippen MR) is 298 cm³/mol. The first-order valence-corrected chi connectivity index (χ1v) is 24.4. The van der Waals surface area contributed by atoms with Gasteiger partial charge < -0.3 is 19.0 Å². The Kier molecular flexibility index (Phi) is 9.57. The SMILES string of the molecule is N#Cc1cc(-c2ccc(-n3c4ccc(-n5c6ccccc6c6ccccc65)cc4c4cc(-n5c6ccccc6c6ccccc65)ccc43)cc2)cc(C#N)c1C1=CC(c2ccccc2)NC(c2ccccc2)=N1. The van der Waals surface area contributed by atoms with Crippen molar-refractivity contribution in [3.8, 4) is 40.3 Å². The van der Waals surface area contributed by atoms with Crippen molar-refractivity contribution in [2.24, 2.45) is 4.99 Å². The summed E-state index contributed by atoms with van der Waals surface area (Å²) in [5.74, 6) is 0.676. The van der Waals surface area contributed by atoms with Gasteiger partial charge in [-0.1, -0.05) is 146 Å². The zero-order valence-corrected chi connectivity index (χ0v) is 39.3. The Hall–Kier alpha value is -10.2. The van der Waals surface area contributed by atoms with Crippen LogP contribution in [0.1, 0.15) is 33.9 Å². The smallest absolute Gasteiger partial charge is 0.134 e. The quantitative estimate of drug-likeness (QED) is 0.173. The van der Waals surface area contributed by atoms with E-state index in [0.29, 0.717) is 28.2 Å². The topological polar surface area (TPSA) is 86.8 Å². The predicted octanol–water partition coefficient (Wildman–Crippen LogP) is 15.5. The first kappa shape index (κ1) is 41.7. The Morgan fingerprint density at radius 3 is 1.26 bits per heavy atom. The van der Waals surface area contributed by atoms with Gasteiger partial charge in [-0.25, -0.2) is 4.99 Å². The summed E-state index contributed by atoms with van der Waals surface area (Å²) in [5, 5.41) is 32.3. The van der Waals surface area contributed by atoms with Gasteiger partial charge in [0, 0.05) is 60.5 Å². The summed E-state index contributed by atoms with van der Waals surface area (Å²) in [4.78, 5) is 5.06. The molecule has 3 aromatic heterocycles. The third-order valence-electron chi connectivity index (χ3n) is 14.6. The molecule has 0 saturated carbocycles. The van der Waals surface area contributed by atoms with E-state index in [1.165, 1.54) is 21.5 Å². The van der Waals surface area contributed by atoms with E-state index in [-0.39, 0.29) is 6.04 Å². The van der Waals surface area contributed by atoms with Crippen LogP contribution in [0.3, 0.4) is 0 Å². The number of rotatable bonds is 7. The highest BCUT2D eigenvalue weighted by Crippen LogP contribution is 2.41. The molecule has 0 radical (unpaired) electrons. The number of benzene rings is 10. The number of aliphatic imine (C=N–C) groups is 1. The van der Waals surface area contributed by atoms with Gasteiger partial charge in [0.2, 0.25) is 0 Å². The lowest BCUT2D eigenvalue weighted by molar-refractivity contribution is 0.780. The van der Waals surface area contributed by atoms with Crippen LogP contribution in [0, 0.1) is 22.7 Å². The maximum atomic E-state index is 10.8. The Morgan fingerprint density at radius 1 is 0.370 bits per heavy atom. The van der Waals surface area contributed by atoms with E-state index in [1.54, 1.807) is 0 Å². The molecule has 7 heteroatoms. The molecule has 73 heavy (non-hydrogen) atoms. The standard InChI is InChI=1S/C66H41N7/c67-40-46-35-45(36-47(41-68)65(46)58-39-57(43-15-3-1-4-16-43)69-66(70-58)44-17-5-2-6-18-44)42-27-29-48(30-28-42)71-63-33-31-49(72-59-23-11-7-19-51(59)52-20-8-12-24-60(52)72)37-55(63)56-38-50(32-34-64(56)71)73-61-25-13-9-21-53(61)54-22-10-14-26-62(54)73/h1-39,57H,(H,69,70). The lowest BCUT2D eigenvalue weighted by Crippen LogP contribution is -2.31. The number of nitriles is 2. The van der Waals surface area contributed by atoms with Crippen LogP contribution in [0.5, 0.6) is 0 Å². The normalized spacial score (nSPS) is 13.6. The van der Waals surface area contributed by atoms with E-state index in [2.05, 4.69) is 201 Å². The van der Waals surface area contributed by atoms with Crippen molar-refractivity contribution in [3.63, 3.8) is 0 Å². The molecule has 7 nitrogen and oxygen atoms in total. The molecule has 0 spiro atoms. The van der Waals surface area contributed by atoms with Crippen molar-refractivity contribution in [3.05, 3.63) is 264 Å². The Morgan fingerprint density at radius 2 is 0.781 bits per heavy atom. The first-order valence-electron chi connectivity index (χ1n) is 24.4. The molecule has 1 N–H and O–H groups in total. The monoisotopic (exact) mass is 931 g/mol. The summed E-state index contributed by atoms with van der Waals surface area (Å²) in [6, 6.07) is 85.2. The number of nitrogens with one attached hydrogen (secondary N) is 1. The van der Waals surface area contributed by atoms with Crippen LogP contribution in [0.2, 0.25) is 0 Å². The van der Waals surface area contributed by atoms with Gasteiger partial charge in [-0.3, -0.25) is 0 Å². The van der Waals surface area contributed by atoms with E-state index in [1.807, 2.05) is 66.7 Å². The maximum absolute atomic E-state index is 10.8. The fraction of sp³-hybridized carbons (Fsp3) is 0.0152. The molecule has 0 saturated heterocycles. The number of para-hydroxylation sites is 4. The highest BCUT2D eigenvalue weighted by atomic mass is 15.1. The summed E-state index contributed by atoms with van der Waals surface area (Å²) >= 11 is 0. The lowest BCUT2D eigenvalue weighted by atomic mass is 9.91. The van der Waals surface area contributed by atoms with E-state index < -0.39 is 0 Å². The molecule has 14 rings (SSSR count). The molecule has 1 aliphatic rings. The van der Waals surface area contributed by atoms with Gasteiger partial charge in [0.1, 0.15) is 5.84 Å². The summed E-state index contributed by atoms with van der Waals surface area (Å²) in [5.41, 5.74) is 15.5. The number of hydrogen-bond donors (Lipinski definition) is 1. The number of nitrogens with zero attached hydrogens (tertiary/aromatic N) is 6. The fourth-order valence-corrected chi connectivity index (χ4v) is 11.3. The number of fused-ring (bicyclic) bond motifs is 9. The molecule has 340 valence electrons. The third kappa shape index (κ3) is 6.68. The van der Waals surface area contributed by atoms with Crippen molar-refractivity contribution in [1.82, 2.24) is 19.0 Å². The minimum atomic E-state index is -0.226. The lowest BCUT2D eigenvalue weighted by Gasteiger charge is -2.25. The molecule has 1 aliphatic heterocycles. The number of amidine groups is 1. The first-order chi connectivity index (χ1) is 36.1. The van der Waals surface area contributed by atoms with Crippen molar-refractivity contribution in [2.45, 2.75) is 6.04 Å². The second kappa shape index (κ2) is 16.7. The van der Waals surface area contributed by atoms with E-state index in [9.17, 15) is 10.5 Å².